The number of aliphatic hydroxyl groups excluding tert-OH is 1. The van der Waals surface area contributed by atoms with Crippen molar-refractivity contribution >= 4 is 17.7 Å². The Hall–Kier alpha value is -1.47. The van der Waals surface area contributed by atoms with Crippen LogP contribution >= 0.6 is 0 Å². The Balaban J connectivity index is 2.39. The number of likely N-dealkylation sites (N-methyl/N-ethyl adjacent to an activating group) is 1. The fourth-order valence-electron chi connectivity index (χ4n) is 1.64. The summed E-state index contributed by atoms with van der Waals surface area (Å²) < 4.78 is 0. The van der Waals surface area contributed by atoms with Gasteiger partial charge in [-0.2, -0.15) is 0 Å². The van der Waals surface area contributed by atoms with Crippen molar-refractivity contribution in [1.82, 2.24) is 15.5 Å². The maximum Gasteiger partial charge on any atom is 0.246 e. The topological polar surface area (TPSA) is 98.7 Å². The Bertz CT molecular complexity index is 319. The van der Waals surface area contributed by atoms with E-state index >= 15 is 0 Å². The molecule has 1 saturated heterocycles. The number of likely N-dealkylation sites (tertiary alicyclic amines) is 1. The van der Waals surface area contributed by atoms with Crippen LogP contribution in [0.25, 0.3) is 0 Å². The summed E-state index contributed by atoms with van der Waals surface area (Å²) in [5.74, 6) is -0.829. The van der Waals surface area contributed by atoms with Crippen LogP contribution in [-0.2, 0) is 14.4 Å². The molecule has 0 aromatic heterocycles. The van der Waals surface area contributed by atoms with Gasteiger partial charge in [0.15, 0.2) is 0 Å². The molecule has 1 fully saturated rings. The third kappa shape index (κ3) is 3.50. The maximum absolute atomic E-state index is 11.6. The van der Waals surface area contributed by atoms with Gasteiger partial charge in [0.25, 0.3) is 0 Å². The van der Waals surface area contributed by atoms with Crippen LogP contribution in [0.4, 0.5) is 0 Å². The Morgan fingerprint density at radius 3 is 2.76 bits per heavy atom. The number of amides is 3. The highest BCUT2D eigenvalue weighted by molar-refractivity contribution is 6.05. The van der Waals surface area contributed by atoms with Gasteiger partial charge in [0, 0.05) is 19.5 Å². The van der Waals surface area contributed by atoms with Crippen molar-refractivity contribution in [3.63, 3.8) is 0 Å². The fourth-order valence-corrected chi connectivity index (χ4v) is 1.64. The van der Waals surface area contributed by atoms with E-state index in [1.165, 1.54) is 0 Å². The van der Waals surface area contributed by atoms with Crippen LogP contribution in [0.1, 0.15) is 12.8 Å². The molecule has 0 aromatic carbocycles. The number of carbonyl (C=O) groups excluding carboxylic acids is 3. The predicted octanol–water partition coefficient (Wildman–Crippen LogP) is -2.17. The van der Waals surface area contributed by atoms with Crippen LogP contribution in [0, 0.1) is 0 Å². The lowest BCUT2D eigenvalue weighted by atomic mass is 10.2. The summed E-state index contributed by atoms with van der Waals surface area (Å²) in [4.78, 5) is 35.5. The van der Waals surface area contributed by atoms with Crippen molar-refractivity contribution in [2.75, 3.05) is 26.7 Å². The highest BCUT2D eigenvalue weighted by Crippen LogP contribution is 2.12. The number of carbonyl (C=O) groups is 3. The standard InChI is InChI=1S/C10H17N3O4/c1-11-7-6-9(16)13(10(7)17)4-2-8(15)12-3-5-14/h7,11,14H,2-6H2,1H3,(H,12,15). The average molecular weight is 243 g/mol. The van der Waals surface area contributed by atoms with Gasteiger partial charge in [-0.25, -0.2) is 0 Å². The third-order valence-corrected chi connectivity index (χ3v) is 2.59. The maximum atomic E-state index is 11.6. The van der Waals surface area contributed by atoms with Gasteiger partial charge in [0.1, 0.15) is 0 Å². The number of nitrogens with zero attached hydrogens (tertiary/aromatic N) is 1. The zero-order valence-electron chi connectivity index (χ0n) is 9.73. The van der Waals surface area contributed by atoms with Gasteiger partial charge >= 0.3 is 0 Å². The molecular formula is C10H17N3O4. The molecule has 0 aliphatic carbocycles. The molecule has 1 aliphatic heterocycles. The molecule has 17 heavy (non-hydrogen) atoms. The number of aliphatic hydroxyl groups is 1. The smallest absolute Gasteiger partial charge is 0.246 e. The summed E-state index contributed by atoms with van der Waals surface area (Å²) in [5, 5.41) is 13.7. The summed E-state index contributed by atoms with van der Waals surface area (Å²) in [7, 11) is 1.62. The Morgan fingerprint density at radius 1 is 1.53 bits per heavy atom. The SMILES string of the molecule is CNC1CC(=O)N(CCC(=O)NCCO)C1=O. The molecule has 3 N–H and O–H groups in total. The minimum Gasteiger partial charge on any atom is -0.395 e. The van der Waals surface area contributed by atoms with E-state index in [2.05, 4.69) is 10.6 Å². The molecule has 1 aliphatic rings. The second-order valence-corrected chi connectivity index (χ2v) is 3.75. The van der Waals surface area contributed by atoms with E-state index in [1.54, 1.807) is 7.05 Å². The molecular weight excluding hydrogens is 226 g/mol. The Kier molecular flexibility index (Phi) is 5.05. The average Bonchev–Trinajstić information content (AvgIpc) is 2.59. The minimum absolute atomic E-state index is 0.0634. The Morgan fingerprint density at radius 2 is 2.24 bits per heavy atom. The van der Waals surface area contributed by atoms with Gasteiger partial charge in [-0.3, -0.25) is 19.3 Å². The summed E-state index contributed by atoms with van der Waals surface area (Å²) in [6.07, 6.45) is 0.210. The van der Waals surface area contributed by atoms with Gasteiger partial charge in [0.2, 0.25) is 17.7 Å². The largest absolute Gasteiger partial charge is 0.395 e. The van der Waals surface area contributed by atoms with Crippen LogP contribution in [0.3, 0.4) is 0 Å². The zero-order valence-corrected chi connectivity index (χ0v) is 9.73. The molecule has 1 atom stereocenters. The molecule has 1 unspecified atom stereocenters. The quantitative estimate of drug-likeness (QED) is 0.461. The lowest BCUT2D eigenvalue weighted by Crippen LogP contribution is -2.39. The van der Waals surface area contributed by atoms with E-state index < -0.39 is 6.04 Å². The second-order valence-electron chi connectivity index (χ2n) is 3.75. The summed E-state index contributed by atoms with van der Waals surface area (Å²) in [6.45, 7) is 0.141. The van der Waals surface area contributed by atoms with Crippen LogP contribution in [0.15, 0.2) is 0 Å². The second kappa shape index (κ2) is 6.31. The molecule has 0 bridgehead atoms. The minimum atomic E-state index is -0.469. The van der Waals surface area contributed by atoms with E-state index in [9.17, 15) is 14.4 Å². The molecule has 96 valence electrons. The van der Waals surface area contributed by atoms with Gasteiger partial charge in [-0.1, -0.05) is 0 Å². The molecule has 7 nitrogen and oxygen atoms in total. The first kappa shape index (κ1) is 13.6. The van der Waals surface area contributed by atoms with Crippen molar-refractivity contribution in [2.24, 2.45) is 0 Å². The van der Waals surface area contributed by atoms with Gasteiger partial charge in [0.05, 0.1) is 19.1 Å². The summed E-state index contributed by atoms with van der Waals surface area (Å²) in [6, 6.07) is -0.469. The predicted molar refractivity (Wildman–Crippen MR) is 58.9 cm³/mol. The number of hydrogen-bond acceptors (Lipinski definition) is 5. The van der Waals surface area contributed by atoms with E-state index in [1.807, 2.05) is 0 Å². The van der Waals surface area contributed by atoms with Gasteiger partial charge < -0.3 is 15.7 Å². The number of rotatable bonds is 6. The third-order valence-electron chi connectivity index (χ3n) is 2.59. The number of hydrogen-bond donors (Lipinski definition) is 3. The lowest BCUT2D eigenvalue weighted by molar-refractivity contribution is -0.139. The Labute approximate surface area is 99.2 Å². The molecule has 3 amide bonds. The first-order valence-corrected chi connectivity index (χ1v) is 5.49. The number of imide groups is 1. The fraction of sp³-hybridized carbons (Fsp3) is 0.700. The lowest BCUT2D eigenvalue weighted by Gasteiger charge is -2.14. The van der Waals surface area contributed by atoms with Crippen molar-refractivity contribution in [3.8, 4) is 0 Å². The highest BCUT2D eigenvalue weighted by Gasteiger charge is 2.37. The highest BCUT2D eigenvalue weighted by atomic mass is 16.3. The monoisotopic (exact) mass is 243 g/mol. The van der Waals surface area contributed by atoms with E-state index in [-0.39, 0.29) is 50.3 Å². The molecule has 0 aromatic rings. The number of nitrogens with one attached hydrogen (secondary N) is 2. The first-order valence-electron chi connectivity index (χ1n) is 5.49. The van der Waals surface area contributed by atoms with Crippen LogP contribution < -0.4 is 10.6 Å². The van der Waals surface area contributed by atoms with Gasteiger partial charge in [-0.05, 0) is 7.05 Å². The van der Waals surface area contributed by atoms with Crippen LogP contribution in [0.5, 0.6) is 0 Å². The molecule has 0 spiro atoms. The van der Waals surface area contributed by atoms with Crippen LogP contribution in [0.2, 0.25) is 0 Å². The molecule has 1 rings (SSSR count). The van der Waals surface area contributed by atoms with Gasteiger partial charge in [-0.15, -0.1) is 0 Å². The molecule has 1 heterocycles. The summed E-state index contributed by atoms with van der Waals surface area (Å²) in [5.41, 5.74) is 0. The normalized spacial score (nSPS) is 19.9. The first-order chi connectivity index (χ1) is 8.10. The molecule has 0 saturated carbocycles. The van der Waals surface area contributed by atoms with Crippen LogP contribution in [-0.4, -0.2) is 60.5 Å². The molecule has 0 radical (unpaired) electrons. The zero-order chi connectivity index (χ0) is 12.8. The van der Waals surface area contributed by atoms with E-state index in [0.29, 0.717) is 0 Å². The van der Waals surface area contributed by atoms with E-state index in [4.69, 9.17) is 5.11 Å². The molecule has 7 heteroatoms. The van der Waals surface area contributed by atoms with Crippen molar-refractivity contribution < 1.29 is 19.5 Å². The summed E-state index contributed by atoms with van der Waals surface area (Å²) >= 11 is 0. The van der Waals surface area contributed by atoms with Crippen molar-refractivity contribution in [3.05, 3.63) is 0 Å². The van der Waals surface area contributed by atoms with E-state index in [0.717, 1.165) is 4.90 Å². The van der Waals surface area contributed by atoms with Crippen molar-refractivity contribution in [2.45, 2.75) is 18.9 Å². The van der Waals surface area contributed by atoms with Crippen molar-refractivity contribution in [1.29, 1.82) is 0 Å².